The van der Waals surface area contributed by atoms with Gasteiger partial charge in [0.15, 0.2) is 0 Å². The van der Waals surface area contributed by atoms with Gasteiger partial charge in [-0.15, -0.1) is 0 Å². The maximum atomic E-state index is 2.24. The molecule has 0 amide bonds. The summed E-state index contributed by atoms with van der Waals surface area (Å²) >= 11 is 0. The SMILES string of the molecule is Cc1ccccc1-c1ccccc1-c1ccccc1-c1ccccc1C. The molecular weight excluding hydrogens is 312 g/mol. The monoisotopic (exact) mass is 334 g/mol. The highest BCUT2D eigenvalue weighted by molar-refractivity contribution is 5.92. The average Bonchev–Trinajstić information content (AvgIpc) is 2.69. The Hall–Kier alpha value is -3.12. The van der Waals surface area contributed by atoms with Crippen molar-refractivity contribution in [3.63, 3.8) is 0 Å². The highest BCUT2D eigenvalue weighted by Crippen LogP contribution is 2.39. The van der Waals surface area contributed by atoms with Gasteiger partial charge in [-0.3, -0.25) is 0 Å². The largest absolute Gasteiger partial charge is 0.0620 e. The minimum Gasteiger partial charge on any atom is -0.0620 e. The Labute approximate surface area is 155 Å². The summed E-state index contributed by atoms with van der Waals surface area (Å²) in [5.74, 6) is 0. The molecule has 0 heterocycles. The molecule has 0 bridgehead atoms. The van der Waals surface area contributed by atoms with Crippen molar-refractivity contribution < 1.29 is 0 Å². The van der Waals surface area contributed by atoms with Crippen LogP contribution >= 0.6 is 0 Å². The Morgan fingerprint density at radius 1 is 0.308 bits per heavy atom. The minimum absolute atomic E-state index is 1.28. The predicted molar refractivity (Wildman–Crippen MR) is 112 cm³/mol. The Morgan fingerprint density at radius 3 is 0.846 bits per heavy atom. The van der Waals surface area contributed by atoms with Gasteiger partial charge in [0.05, 0.1) is 0 Å². The summed E-state index contributed by atoms with van der Waals surface area (Å²) < 4.78 is 0. The Balaban J connectivity index is 1.97. The zero-order valence-corrected chi connectivity index (χ0v) is 15.2. The zero-order chi connectivity index (χ0) is 17.9. The second-order valence-electron chi connectivity index (χ2n) is 6.72. The van der Waals surface area contributed by atoms with E-state index in [-0.39, 0.29) is 0 Å². The highest BCUT2D eigenvalue weighted by atomic mass is 14.2. The van der Waals surface area contributed by atoms with Crippen LogP contribution in [-0.4, -0.2) is 0 Å². The molecule has 0 saturated carbocycles. The van der Waals surface area contributed by atoms with E-state index in [1.807, 2.05) is 0 Å². The smallest absolute Gasteiger partial charge is 0.00991 e. The molecule has 0 aromatic heterocycles. The molecule has 26 heavy (non-hydrogen) atoms. The number of aryl methyl sites for hydroxylation is 2. The summed E-state index contributed by atoms with van der Waals surface area (Å²) in [4.78, 5) is 0. The van der Waals surface area contributed by atoms with E-state index >= 15 is 0 Å². The quantitative estimate of drug-likeness (QED) is 0.368. The molecule has 0 aliphatic rings. The molecule has 0 N–H and O–H groups in total. The van der Waals surface area contributed by atoms with Gasteiger partial charge >= 0.3 is 0 Å². The summed E-state index contributed by atoms with van der Waals surface area (Å²) in [5.41, 5.74) is 10.3. The zero-order valence-electron chi connectivity index (χ0n) is 15.2. The van der Waals surface area contributed by atoms with E-state index in [0.29, 0.717) is 0 Å². The van der Waals surface area contributed by atoms with Crippen molar-refractivity contribution in [3.05, 3.63) is 108 Å². The van der Waals surface area contributed by atoms with E-state index in [9.17, 15) is 0 Å². The Bertz CT molecular complexity index is 970. The van der Waals surface area contributed by atoms with E-state index in [0.717, 1.165) is 0 Å². The van der Waals surface area contributed by atoms with Crippen LogP contribution in [0.5, 0.6) is 0 Å². The molecule has 126 valence electrons. The maximum Gasteiger partial charge on any atom is -0.00991 e. The van der Waals surface area contributed by atoms with Crippen LogP contribution < -0.4 is 0 Å². The van der Waals surface area contributed by atoms with Gasteiger partial charge in [0, 0.05) is 0 Å². The van der Waals surface area contributed by atoms with Gasteiger partial charge in [-0.1, -0.05) is 97.1 Å². The molecule has 4 aromatic carbocycles. The topological polar surface area (TPSA) is 0 Å². The summed E-state index contributed by atoms with van der Waals surface area (Å²) in [6.07, 6.45) is 0. The summed E-state index contributed by atoms with van der Waals surface area (Å²) in [5, 5.41) is 0. The van der Waals surface area contributed by atoms with Crippen molar-refractivity contribution in [1.82, 2.24) is 0 Å². The van der Waals surface area contributed by atoms with Crippen molar-refractivity contribution in [2.45, 2.75) is 13.8 Å². The molecular formula is C26H22. The molecule has 0 fully saturated rings. The summed E-state index contributed by atoms with van der Waals surface area (Å²) in [6.45, 7) is 4.36. The molecule has 0 saturated heterocycles. The van der Waals surface area contributed by atoms with Crippen LogP contribution in [0.25, 0.3) is 33.4 Å². The second-order valence-corrected chi connectivity index (χ2v) is 6.72. The van der Waals surface area contributed by atoms with Crippen LogP contribution in [0.1, 0.15) is 11.1 Å². The van der Waals surface area contributed by atoms with Crippen molar-refractivity contribution in [1.29, 1.82) is 0 Å². The third kappa shape index (κ3) is 2.95. The summed E-state index contributed by atoms with van der Waals surface area (Å²) in [7, 11) is 0. The van der Waals surface area contributed by atoms with Crippen LogP contribution in [0.3, 0.4) is 0 Å². The van der Waals surface area contributed by atoms with Gasteiger partial charge in [-0.2, -0.15) is 0 Å². The number of rotatable bonds is 3. The molecule has 0 spiro atoms. The van der Waals surface area contributed by atoms with E-state index in [1.54, 1.807) is 0 Å². The van der Waals surface area contributed by atoms with E-state index < -0.39 is 0 Å². The molecule has 0 aliphatic carbocycles. The molecule has 0 heteroatoms. The fourth-order valence-electron chi connectivity index (χ4n) is 3.66. The number of hydrogen-bond acceptors (Lipinski definition) is 0. The standard InChI is InChI=1S/C26H22/c1-19-11-3-5-13-21(19)23-15-7-9-17-25(23)26-18-10-8-16-24(26)22-14-6-4-12-20(22)2/h3-18H,1-2H3. The predicted octanol–water partition coefficient (Wildman–Crippen LogP) is 7.30. The first-order chi connectivity index (χ1) is 12.8. The third-order valence-corrected chi connectivity index (χ3v) is 5.01. The minimum atomic E-state index is 1.28. The van der Waals surface area contributed by atoms with Gasteiger partial charge < -0.3 is 0 Å². The van der Waals surface area contributed by atoms with Gasteiger partial charge in [-0.25, -0.2) is 0 Å². The first kappa shape index (κ1) is 16.4. The molecule has 4 rings (SSSR count). The molecule has 0 aliphatic heterocycles. The molecule has 0 unspecified atom stereocenters. The van der Waals surface area contributed by atoms with Crippen molar-refractivity contribution in [3.8, 4) is 33.4 Å². The highest BCUT2D eigenvalue weighted by Gasteiger charge is 2.13. The first-order valence-electron chi connectivity index (χ1n) is 9.06. The average molecular weight is 334 g/mol. The van der Waals surface area contributed by atoms with Crippen molar-refractivity contribution in [2.75, 3.05) is 0 Å². The van der Waals surface area contributed by atoms with Crippen LogP contribution in [0.4, 0.5) is 0 Å². The van der Waals surface area contributed by atoms with E-state index in [1.165, 1.54) is 44.5 Å². The first-order valence-corrected chi connectivity index (χ1v) is 9.06. The van der Waals surface area contributed by atoms with E-state index in [4.69, 9.17) is 0 Å². The Kier molecular flexibility index (Phi) is 4.41. The van der Waals surface area contributed by atoms with Gasteiger partial charge in [0.2, 0.25) is 0 Å². The fraction of sp³-hybridized carbons (Fsp3) is 0.0769. The van der Waals surface area contributed by atoms with Crippen LogP contribution in [0, 0.1) is 13.8 Å². The maximum absolute atomic E-state index is 2.24. The van der Waals surface area contributed by atoms with E-state index in [2.05, 4.69) is 111 Å². The van der Waals surface area contributed by atoms with Crippen LogP contribution in [-0.2, 0) is 0 Å². The molecule has 0 atom stereocenters. The number of hydrogen-bond donors (Lipinski definition) is 0. The third-order valence-electron chi connectivity index (χ3n) is 5.01. The van der Waals surface area contributed by atoms with Gasteiger partial charge in [0.1, 0.15) is 0 Å². The van der Waals surface area contributed by atoms with Crippen LogP contribution in [0.2, 0.25) is 0 Å². The van der Waals surface area contributed by atoms with Gasteiger partial charge in [0.25, 0.3) is 0 Å². The van der Waals surface area contributed by atoms with Crippen molar-refractivity contribution in [2.24, 2.45) is 0 Å². The molecule has 0 radical (unpaired) electrons. The van der Waals surface area contributed by atoms with Crippen molar-refractivity contribution >= 4 is 0 Å². The number of benzene rings is 4. The lowest BCUT2D eigenvalue weighted by Gasteiger charge is -2.16. The molecule has 0 nitrogen and oxygen atoms in total. The lowest BCUT2D eigenvalue weighted by molar-refractivity contribution is 1.44. The fourth-order valence-corrected chi connectivity index (χ4v) is 3.66. The summed E-state index contributed by atoms with van der Waals surface area (Å²) in [6, 6.07) is 34.7. The second kappa shape index (κ2) is 7.01. The van der Waals surface area contributed by atoms with Gasteiger partial charge in [-0.05, 0) is 58.4 Å². The molecule has 4 aromatic rings. The lowest BCUT2D eigenvalue weighted by atomic mass is 9.87. The Morgan fingerprint density at radius 2 is 0.538 bits per heavy atom. The lowest BCUT2D eigenvalue weighted by Crippen LogP contribution is -1.91. The van der Waals surface area contributed by atoms with Crippen LogP contribution in [0.15, 0.2) is 97.1 Å². The normalized spacial score (nSPS) is 10.7.